The monoisotopic (exact) mass is 338 g/mol. The fourth-order valence-corrected chi connectivity index (χ4v) is 2.87. The van der Waals surface area contributed by atoms with Gasteiger partial charge in [-0.15, -0.1) is 5.73 Å². The number of ether oxygens (including phenoxy) is 2. The van der Waals surface area contributed by atoms with Crippen LogP contribution in [0.1, 0.15) is 68.7 Å². The molecular weight excluding hydrogens is 304 g/mol. The van der Waals surface area contributed by atoms with Crippen molar-refractivity contribution in [2.24, 2.45) is 16.2 Å². The molecule has 0 aromatic carbocycles. The van der Waals surface area contributed by atoms with Gasteiger partial charge in [-0.1, -0.05) is 48.5 Å². The van der Waals surface area contributed by atoms with Crippen LogP contribution >= 0.6 is 0 Å². The number of carbonyl (C=O) groups is 2. The zero-order valence-corrected chi connectivity index (χ0v) is 16.8. The molecule has 24 heavy (non-hydrogen) atoms. The van der Waals surface area contributed by atoms with Gasteiger partial charge in [-0.25, -0.2) is 0 Å². The van der Waals surface area contributed by atoms with Crippen molar-refractivity contribution < 1.29 is 19.1 Å². The molecule has 0 radical (unpaired) electrons. The molecule has 0 N–H and O–H groups in total. The molecule has 0 aromatic rings. The van der Waals surface area contributed by atoms with E-state index in [9.17, 15) is 9.59 Å². The number of carbonyl (C=O) groups excluding carboxylic acids is 2. The highest BCUT2D eigenvalue weighted by molar-refractivity contribution is 6.02. The van der Waals surface area contributed by atoms with E-state index >= 15 is 0 Å². The van der Waals surface area contributed by atoms with Gasteiger partial charge in [0.2, 0.25) is 0 Å². The van der Waals surface area contributed by atoms with Crippen molar-refractivity contribution in [2.75, 3.05) is 13.2 Å². The van der Waals surface area contributed by atoms with Crippen LogP contribution in [-0.2, 0) is 19.1 Å². The van der Waals surface area contributed by atoms with Crippen LogP contribution in [0.5, 0.6) is 0 Å². The van der Waals surface area contributed by atoms with Crippen molar-refractivity contribution in [1.29, 1.82) is 0 Å². The van der Waals surface area contributed by atoms with Crippen LogP contribution in [0.2, 0.25) is 0 Å². The van der Waals surface area contributed by atoms with E-state index in [0.717, 1.165) is 5.57 Å². The zero-order chi connectivity index (χ0) is 19.2. The molecule has 0 aliphatic carbocycles. The number of hydrogen-bond acceptors (Lipinski definition) is 4. The predicted octanol–water partition coefficient (Wildman–Crippen LogP) is 4.68. The van der Waals surface area contributed by atoms with Gasteiger partial charge in [0, 0.05) is 0 Å². The van der Waals surface area contributed by atoms with Gasteiger partial charge >= 0.3 is 11.9 Å². The Morgan fingerprint density at radius 1 is 0.833 bits per heavy atom. The summed E-state index contributed by atoms with van der Waals surface area (Å²) in [7, 11) is 0. The van der Waals surface area contributed by atoms with Crippen LogP contribution in [0.15, 0.2) is 17.4 Å². The molecule has 0 aromatic heterocycles. The van der Waals surface area contributed by atoms with Gasteiger partial charge in [0.15, 0.2) is 5.41 Å². The second-order valence-corrected chi connectivity index (χ2v) is 7.93. The quantitative estimate of drug-likeness (QED) is 0.401. The minimum absolute atomic E-state index is 0.141. The number of rotatable bonds is 6. The summed E-state index contributed by atoms with van der Waals surface area (Å²) in [6.45, 7) is 18.2. The smallest absolute Gasteiger partial charge is 0.328 e. The first kappa shape index (κ1) is 22.5. The van der Waals surface area contributed by atoms with Crippen LogP contribution in [0.4, 0.5) is 0 Å². The second-order valence-electron chi connectivity index (χ2n) is 7.93. The average molecular weight is 338 g/mol. The van der Waals surface area contributed by atoms with Gasteiger partial charge in [0.05, 0.1) is 13.2 Å². The van der Waals surface area contributed by atoms with Gasteiger partial charge < -0.3 is 9.47 Å². The summed E-state index contributed by atoms with van der Waals surface area (Å²) < 4.78 is 10.3. The largest absolute Gasteiger partial charge is 0.465 e. The third-order valence-corrected chi connectivity index (χ3v) is 3.80. The standard InChI is InChI=1S/C20H34O4/c1-10-20(16(21)23-11-2,17(22)24-12-3)14-13-15(18(4,5)6)19(7,8)9/h14H,10-12H2,1-9H3. The minimum atomic E-state index is -1.45. The molecule has 0 heterocycles. The predicted molar refractivity (Wildman–Crippen MR) is 96.5 cm³/mol. The van der Waals surface area contributed by atoms with E-state index in [-0.39, 0.29) is 30.5 Å². The lowest BCUT2D eigenvalue weighted by molar-refractivity contribution is -0.168. The van der Waals surface area contributed by atoms with Crippen LogP contribution in [0.25, 0.3) is 0 Å². The van der Waals surface area contributed by atoms with Crippen molar-refractivity contribution in [2.45, 2.75) is 68.7 Å². The maximum atomic E-state index is 12.5. The summed E-state index contributed by atoms with van der Waals surface area (Å²) in [6.07, 6.45) is 1.81. The van der Waals surface area contributed by atoms with Crippen LogP contribution in [-0.4, -0.2) is 25.2 Å². The van der Waals surface area contributed by atoms with Gasteiger partial charge in [-0.2, -0.15) is 0 Å². The van der Waals surface area contributed by atoms with E-state index < -0.39 is 17.4 Å². The molecule has 0 saturated carbocycles. The first-order chi connectivity index (χ1) is 10.9. The summed E-state index contributed by atoms with van der Waals surface area (Å²) in [6, 6.07) is 0. The molecule has 0 rings (SSSR count). The summed E-state index contributed by atoms with van der Waals surface area (Å²) in [5.41, 5.74) is 2.56. The van der Waals surface area contributed by atoms with E-state index in [1.165, 1.54) is 0 Å². The molecule has 0 atom stereocenters. The maximum absolute atomic E-state index is 12.5. The molecule has 0 spiro atoms. The summed E-state index contributed by atoms with van der Waals surface area (Å²) in [4.78, 5) is 25.0. The molecule has 0 bridgehead atoms. The van der Waals surface area contributed by atoms with E-state index in [2.05, 4.69) is 47.3 Å². The Balaban J connectivity index is 6.39. The van der Waals surface area contributed by atoms with Gasteiger partial charge in [0.1, 0.15) is 0 Å². The van der Waals surface area contributed by atoms with E-state index in [0.29, 0.717) is 0 Å². The van der Waals surface area contributed by atoms with Crippen LogP contribution < -0.4 is 0 Å². The first-order valence-corrected chi connectivity index (χ1v) is 8.70. The Kier molecular flexibility index (Phi) is 7.98. The molecule has 0 saturated heterocycles. The fraction of sp³-hybridized carbons (Fsp3) is 0.750. The van der Waals surface area contributed by atoms with Gasteiger partial charge in [-0.3, -0.25) is 9.59 Å². The summed E-state index contributed by atoms with van der Waals surface area (Å²) in [5.74, 6) is -1.17. The van der Waals surface area contributed by atoms with Crippen molar-refractivity contribution in [3.05, 3.63) is 17.4 Å². The molecule has 0 fully saturated rings. The Morgan fingerprint density at radius 3 is 1.46 bits per heavy atom. The molecule has 0 aliphatic rings. The average Bonchev–Trinajstić information content (AvgIpc) is 2.41. The van der Waals surface area contributed by atoms with Crippen molar-refractivity contribution >= 4 is 11.9 Å². The highest BCUT2D eigenvalue weighted by Crippen LogP contribution is 2.39. The molecule has 0 amide bonds. The number of esters is 2. The normalized spacial score (nSPS) is 12.2. The van der Waals surface area contributed by atoms with E-state index in [1.807, 2.05) is 0 Å². The molecule has 138 valence electrons. The summed E-state index contributed by atoms with van der Waals surface area (Å²) >= 11 is 0. The Labute approximate surface area is 147 Å². The van der Waals surface area contributed by atoms with Gasteiger partial charge in [-0.05, 0) is 42.7 Å². The summed E-state index contributed by atoms with van der Waals surface area (Å²) in [5, 5.41) is 0. The Morgan fingerprint density at radius 2 is 1.21 bits per heavy atom. The zero-order valence-electron chi connectivity index (χ0n) is 16.8. The molecule has 0 aliphatic heterocycles. The molecule has 4 nitrogen and oxygen atoms in total. The fourth-order valence-electron chi connectivity index (χ4n) is 2.87. The highest BCUT2D eigenvalue weighted by Gasteiger charge is 2.45. The first-order valence-electron chi connectivity index (χ1n) is 8.70. The third-order valence-electron chi connectivity index (χ3n) is 3.80. The molecular formula is C20H34O4. The lowest BCUT2D eigenvalue weighted by Gasteiger charge is -2.32. The Bertz CT molecular complexity index is 475. The van der Waals surface area contributed by atoms with Crippen LogP contribution in [0, 0.1) is 16.2 Å². The Hall–Kier alpha value is -1.54. The molecule has 4 heteroatoms. The lowest BCUT2D eigenvalue weighted by Crippen LogP contribution is -2.40. The van der Waals surface area contributed by atoms with E-state index in [1.54, 1.807) is 26.8 Å². The molecule has 0 unspecified atom stereocenters. The minimum Gasteiger partial charge on any atom is -0.465 e. The van der Waals surface area contributed by atoms with Gasteiger partial charge in [0.25, 0.3) is 0 Å². The van der Waals surface area contributed by atoms with Crippen molar-refractivity contribution in [1.82, 2.24) is 0 Å². The van der Waals surface area contributed by atoms with E-state index in [4.69, 9.17) is 9.47 Å². The highest BCUT2D eigenvalue weighted by atomic mass is 16.6. The number of hydrogen-bond donors (Lipinski definition) is 0. The topological polar surface area (TPSA) is 52.6 Å². The lowest BCUT2D eigenvalue weighted by atomic mass is 9.72. The third kappa shape index (κ3) is 5.52. The van der Waals surface area contributed by atoms with Crippen molar-refractivity contribution in [3.8, 4) is 0 Å². The maximum Gasteiger partial charge on any atom is 0.328 e. The van der Waals surface area contributed by atoms with Crippen LogP contribution in [0.3, 0.4) is 0 Å². The SMILES string of the molecule is CCOC(=O)C(C=C=C(C(C)(C)C)C(C)(C)C)(CC)C(=O)OCC. The van der Waals surface area contributed by atoms with Crippen molar-refractivity contribution in [3.63, 3.8) is 0 Å². The second kappa shape index (κ2) is 8.53.